The smallest absolute Gasteiger partial charge is 0.434 e. The van der Waals surface area contributed by atoms with Gasteiger partial charge in [0.25, 0.3) is 5.91 Å². The summed E-state index contributed by atoms with van der Waals surface area (Å²) in [6.07, 6.45) is 7.55. The SMILES string of the molecule is CCOC(=O)Oc1ccc(C(=O)NCCNC(=O)/C=C/C2CCCC2)cc1. The molecule has 7 nitrogen and oxygen atoms in total. The molecule has 0 unspecified atom stereocenters. The first-order valence-electron chi connectivity index (χ1n) is 9.27. The molecule has 2 N–H and O–H groups in total. The van der Waals surface area contributed by atoms with Gasteiger partial charge in [-0.3, -0.25) is 9.59 Å². The van der Waals surface area contributed by atoms with Gasteiger partial charge in [-0.05, 0) is 56.0 Å². The third-order valence-corrected chi connectivity index (χ3v) is 4.21. The van der Waals surface area contributed by atoms with Crippen LogP contribution in [0.5, 0.6) is 5.75 Å². The van der Waals surface area contributed by atoms with Gasteiger partial charge in [0.1, 0.15) is 5.75 Å². The quantitative estimate of drug-likeness (QED) is 0.316. The van der Waals surface area contributed by atoms with E-state index in [0.717, 1.165) is 12.8 Å². The summed E-state index contributed by atoms with van der Waals surface area (Å²) in [7, 11) is 0. The molecule has 0 aliphatic heterocycles. The highest BCUT2D eigenvalue weighted by Crippen LogP contribution is 2.25. The Hall–Kier alpha value is -2.83. The lowest BCUT2D eigenvalue weighted by Gasteiger charge is -2.07. The predicted molar refractivity (Wildman–Crippen MR) is 101 cm³/mol. The Bertz CT molecular complexity index is 663. The van der Waals surface area contributed by atoms with Crippen LogP contribution in [0.1, 0.15) is 43.0 Å². The molecule has 27 heavy (non-hydrogen) atoms. The van der Waals surface area contributed by atoms with Gasteiger partial charge in [-0.25, -0.2) is 4.79 Å². The molecule has 0 saturated heterocycles. The maximum absolute atomic E-state index is 12.1. The molecular weight excluding hydrogens is 348 g/mol. The topological polar surface area (TPSA) is 93.7 Å². The van der Waals surface area contributed by atoms with Gasteiger partial charge >= 0.3 is 6.16 Å². The second-order valence-corrected chi connectivity index (χ2v) is 6.26. The Morgan fingerprint density at radius 3 is 2.41 bits per heavy atom. The number of hydrogen-bond donors (Lipinski definition) is 2. The lowest BCUT2D eigenvalue weighted by Crippen LogP contribution is -2.34. The van der Waals surface area contributed by atoms with Crippen molar-refractivity contribution >= 4 is 18.0 Å². The number of amides is 2. The highest BCUT2D eigenvalue weighted by molar-refractivity contribution is 5.94. The summed E-state index contributed by atoms with van der Waals surface area (Å²) >= 11 is 0. The number of hydrogen-bond acceptors (Lipinski definition) is 5. The number of ether oxygens (including phenoxy) is 2. The second-order valence-electron chi connectivity index (χ2n) is 6.26. The van der Waals surface area contributed by atoms with E-state index in [9.17, 15) is 14.4 Å². The van der Waals surface area contributed by atoms with Crippen molar-refractivity contribution in [2.24, 2.45) is 5.92 Å². The number of carbonyl (C=O) groups is 3. The first kappa shape index (κ1) is 20.5. The Morgan fingerprint density at radius 1 is 1.07 bits per heavy atom. The zero-order valence-electron chi connectivity index (χ0n) is 15.5. The van der Waals surface area contributed by atoms with Crippen LogP contribution in [0.4, 0.5) is 4.79 Å². The van der Waals surface area contributed by atoms with Crippen LogP contribution in [0.25, 0.3) is 0 Å². The van der Waals surface area contributed by atoms with E-state index in [4.69, 9.17) is 4.74 Å². The van der Waals surface area contributed by atoms with Crippen molar-refractivity contribution in [2.45, 2.75) is 32.6 Å². The van der Waals surface area contributed by atoms with Crippen LogP contribution in [-0.2, 0) is 9.53 Å². The fraction of sp³-hybridized carbons (Fsp3) is 0.450. The molecule has 1 aliphatic rings. The first-order valence-corrected chi connectivity index (χ1v) is 9.27. The molecule has 7 heteroatoms. The van der Waals surface area contributed by atoms with Gasteiger partial charge in [0.05, 0.1) is 6.61 Å². The molecule has 0 aromatic heterocycles. The summed E-state index contributed by atoms with van der Waals surface area (Å²) in [5.74, 6) is 0.405. The van der Waals surface area contributed by atoms with Crippen molar-refractivity contribution in [1.29, 1.82) is 0 Å². The lowest BCUT2D eigenvalue weighted by atomic mass is 10.1. The Balaban J connectivity index is 1.66. The van der Waals surface area contributed by atoms with Crippen LogP contribution in [0.2, 0.25) is 0 Å². The average Bonchev–Trinajstić information content (AvgIpc) is 3.18. The highest BCUT2D eigenvalue weighted by atomic mass is 16.7. The lowest BCUT2D eigenvalue weighted by molar-refractivity contribution is -0.116. The van der Waals surface area contributed by atoms with Crippen LogP contribution >= 0.6 is 0 Å². The minimum atomic E-state index is -0.785. The predicted octanol–water partition coefficient (Wildman–Crippen LogP) is 2.81. The zero-order chi connectivity index (χ0) is 19.5. The van der Waals surface area contributed by atoms with Gasteiger partial charge < -0.3 is 20.1 Å². The van der Waals surface area contributed by atoms with E-state index in [1.165, 1.54) is 25.0 Å². The molecule has 2 rings (SSSR count). The van der Waals surface area contributed by atoms with Gasteiger partial charge in [0.15, 0.2) is 0 Å². The van der Waals surface area contributed by atoms with Crippen molar-refractivity contribution in [3.8, 4) is 5.75 Å². The van der Waals surface area contributed by atoms with Crippen LogP contribution in [0.3, 0.4) is 0 Å². The third-order valence-electron chi connectivity index (χ3n) is 4.21. The van der Waals surface area contributed by atoms with Gasteiger partial charge in [0, 0.05) is 18.7 Å². The second kappa shape index (κ2) is 11.0. The van der Waals surface area contributed by atoms with Crippen molar-refractivity contribution in [1.82, 2.24) is 10.6 Å². The fourth-order valence-corrected chi connectivity index (χ4v) is 2.81. The van der Waals surface area contributed by atoms with E-state index in [1.807, 2.05) is 6.08 Å². The Labute approximate surface area is 159 Å². The number of carbonyl (C=O) groups excluding carboxylic acids is 3. The molecule has 1 aromatic carbocycles. The monoisotopic (exact) mass is 374 g/mol. The molecular formula is C20H26N2O5. The minimum Gasteiger partial charge on any atom is -0.434 e. The Kier molecular flexibility index (Phi) is 8.35. The van der Waals surface area contributed by atoms with Gasteiger partial charge in [-0.2, -0.15) is 0 Å². The Morgan fingerprint density at radius 2 is 1.74 bits per heavy atom. The standard InChI is InChI=1S/C20H26N2O5/c1-2-26-20(25)27-17-10-8-16(9-11-17)19(24)22-14-13-21-18(23)12-7-15-5-3-4-6-15/h7-12,15H,2-6,13-14H2,1H3,(H,21,23)(H,22,24)/b12-7+. The summed E-state index contributed by atoms with van der Waals surface area (Å²) in [6.45, 7) is 2.59. The fourth-order valence-electron chi connectivity index (χ4n) is 2.81. The maximum Gasteiger partial charge on any atom is 0.513 e. The normalized spacial score (nSPS) is 14.1. The number of allylic oxidation sites excluding steroid dienone is 1. The molecule has 0 atom stereocenters. The maximum atomic E-state index is 12.1. The summed E-state index contributed by atoms with van der Waals surface area (Å²) in [5.41, 5.74) is 0.429. The van der Waals surface area contributed by atoms with Crippen molar-refractivity contribution in [2.75, 3.05) is 19.7 Å². The van der Waals surface area contributed by atoms with Crippen LogP contribution in [0, 0.1) is 5.92 Å². The van der Waals surface area contributed by atoms with Crippen LogP contribution < -0.4 is 15.4 Å². The molecule has 0 radical (unpaired) electrons. The largest absolute Gasteiger partial charge is 0.513 e. The molecule has 146 valence electrons. The molecule has 2 amide bonds. The molecule has 0 spiro atoms. The van der Waals surface area contributed by atoms with E-state index in [2.05, 4.69) is 15.4 Å². The minimum absolute atomic E-state index is 0.142. The van der Waals surface area contributed by atoms with E-state index in [0.29, 0.717) is 30.3 Å². The third kappa shape index (κ3) is 7.52. The van der Waals surface area contributed by atoms with Crippen molar-refractivity contribution in [3.05, 3.63) is 42.0 Å². The number of rotatable bonds is 8. The van der Waals surface area contributed by atoms with E-state index in [-0.39, 0.29) is 18.4 Å². The summed E-state index contributed by atoms with van der Waals surface area (Å²) in [5, 5.41) is 5.47. The molecule has 1 aromatic rings. The van der Waals surface area contributed by atoms with Crippen molar-refractivity contribution < 1.29 is 23.9 Å². The molecule has 1 fully saturated rings. The van der Waals surface area contributed by atoms with Gasteiger partial charge in [0.2, 0.25) is 5.91 Å². The number of benzene rings is 1. The van der Waals surface area contributed by atoms with Crippen molar-refractivity contribution in [3.63, 3.8) is 0 Å². The summed E-state index contributed by atoms with van der Waals surface area (Å²) in [6, 6.07) is 6.13. The van der Waals surface area contributed by atoms with Gasteiger partial charge in [-0.1, -0.05) is 18.9 Å². The van der Waals surface area contributed by atoms with Crippen LogP contribution in [0.15, 0.2) is 36.4 Å². The van der Waals surface area contributed by atoms with E-state index < -0.39 is 6.16 Å². The average molecular weight is 374 g/mol. The molecule has 1 aliphatic carbocycles. The van der Waals surface area contributed by atoms with Gasteiger partial charge in [-0.15, -0.1) is 0 Å². The van der Waals surface area contributed by atoms with Crippen LogP contribution in [-0.4, -0.2) is 37.7 Å². The zero-order valence-corrected chi connectivity index (χ0v) is 15.5. The molecule has 0 bridgehead atoms. The highest BCUT2D eigenvalue weighted by Gasteiger charge is 2.12. The molecule has 0 heterocycles. The van der Waals surface area contributed by atoms with E-state index >= 15 is 0 Å². The summed E-state index contributed by atoms with van der Waals surface area (Å²) in [4.78, 5) is 35.0. The molecule has 1 saturated carbocycles. The first-order chi connectivity index (χ1) is 13.1. The van der Waals surface area contributed by atoms with E-state index in [1.54, 1.807) is 25.1 Å². The number of nitrogens with one attached hydrogen (secondary N) is 2. The summed E-state index contributed by atoms with van der Waals surface area (Å²) < 4.78 is 9.60.